The molecule has 2 heterocycles. The number of alkyl halides is 1. The van der Waals surface area contributed by atoms with Crippen LogP contribution in [0.15, 0.2) is 5.38 Å². The Hall–Kier alpha value is -0.160. The highest BCUT2D eigenvalue weighted by molar-refractivity contribution is 7.09. The third kappa shape index (κ3) is 3.42. The minimum atomic E-state index is -0.136. The summed E-state index contributed by atoms with van der Waals surface area (Å²) >= 11 is 7.39. The van der Waals surface area contributed by atoms with Crippen LogP contribution in [0.2, 0.25) is 0 Å². The summed E-state index contributed by atoms with van der Waals surface area (Å²) in [6.45, 7) is 2.91. The number of thiazole rings is 1. The maximum atomic E-state index is 9.55. The highest BCUT2D eigenvalue weighted by atomic mass is 35.5. The van der Waals surface area contributed by atoms with Crippen molar-refractivity contribution in [2.24, 2.45) is 0 Å². The number of halogens is 1. The average Bonchev–Trinajstić information content (AvgIpc) is 2.74. The van der Waals surface area contributed by atoms with Crippen molar-refractivity contribution in [2.75, 3.05) is 19.6 Å². The Morgan fingerprint density at radius 1 is 1.62 bits per heavy atom. The maximum Gasteiger partial charge on any atom is 0.0941 e. The summed E-state index contributed by atoms with van der Waals surface area (Å²) in [6.07, 6.45) is 2.88. The Morgan fingerprint density at radius 2 is 2.50 bits per heavy atom. The van der Waals surface area contributed by atoms with Gasteiger partial charge in [0.05, 0.1) is 22.7 Å². The zero-order valence-corrected chi connectivity index (χ0v) is 10.8. The van der Waals surface area contributed by atoms with Gasteiger partial charge in [0, 0.05) is 24.9 Å². The van der Waals surface area contributed by atoms with Crippen molar-refractivity contribution in [3.05, 3.63) is 16.1 Å². The molecule has 0 spiro atoms. The lowest BCUT2D eigenvalue weighted by Crippen LogP contribution is -2.39. The fraction of sp³-hybridized carbons (Fsp3) is 0.727. The number of hydrogen-bond donors (Lipinski definition) is 1. The van der Waals surface area contributed by atoms with Crippen molar-refractivity contribution in [3.63, 3.8) is 0 Å². The number of aliphatic hydroxyl groups is 1. The van der Waals surface area contributed by atoms with E-state index in [-0.39, 0.29) is 6.10 Å². The molecule has 1 saturated heterocycles. The molecule has 90 valence electrons. The number of likely N-dealkylation sites (tertiary alicyclic amines) is 1. The standard InChI is InChI=1S/C11H17ClN2OS/c12-6-9-8-16-11(13-9)3-5-14-4-1-2-10(15)7-14/h8,10,15H,1-7H2. The van der Waals surface area contributed by atoms with Crippen molar-refractivity contribution in [3.8, 4) is 0 Å². The summed E-state index contributed by atoms with van der Waals surface area (Å²) < 4.78 is 0. The molecule has 3 nitrogen and oxygen atoms in total. The molecule has 1 N–H and O–H groups in total. The van der Waals surface area contributed by atoms with Gasteiger partial charge in [0.1, 0.15) is 0 Å². The summed E-state index contributed by atoms with van der Waals surface area (Å²) in [5.41, 5.74) is 0.973. The van der Waals surface area contributed by atoms with Crippen LogP contribution in [0.4, 0.5) is 0 Å². The smallest absolute Gasteiger partial charge is 0.0941 e. The molecule has 16 heavy (non-hydrogen) atoms. The summed E-state index contributed by atoms with van der Waals surface area (Å²) in [5, 5.41) is 12.7. The molecule has 0 aromatic carbocycles. The second-order valence-electron chi connectivity index (χ2n) is 4.21. The topological polar surface area (TPSA) is 36.4 Å². The molecule has 2 rings (SSSR count). The quantitative estimate of drug-likeness (QED) is 0.840. The fourth-order valence-electron chi connectivity index (χ4n) is 2.01. The van der Waals surface area contributed by atoms with Crippen LogP contribution >= 0.6 is 22.9 Å². The SMILES string of the molecule is OC1CCCN(CCc2nc(CCl)cs2)C1. The van der Waals surface area contributed by atoms with E-state index >= 15 is 0 Å². The molecular formula is C11H17ClN2OS. The first-order valence-electron chi connectivity index (χ1n) is 5.67. The second-order valence-corrected chi connectivity index (χ2v) is 5.42. The van der Waals surface area contributed by atoms with Gasteiger partial charge in [0.15, 0.2) is 0 Å². The average molecular weight is 261 g/mol. The molecule has 0 radical (unpaired) electrons. The minimum absolute atomic E-state index is 0.136. The number of nitrogens with zero attached hydrogens (tertiary/aromatic N) is 2. The largest absolute Gasteiger partial charge is 0.392 e. The molecule has 1 fully saturated rings. The lowest BCUT2D eigenvalue weighted by atomic mass is 10.1. The first-order valence-corrected chi connectivity index (χ1v) is 7.09. The zero-order chi connectivity index (χ0) is 11.4. The lowest BCUT2D eigenvalue weighted by molar-refractivity contribution is 0.0714. The molecular weight excluding hydrogens is 244 g/mol. The van der Waals surface area contributed by atoms with Crippen LogP contribution in [-0.2, 0) is 12.3 Å². The predicted octanol–water partition coefficient (Wildman–Crippen LogP) is 1.88. The Kier molecular flexibility index (Phi) is 4.58. The van der Waals surface area contributed by atoms with Crippen LogP contribution in [0.3, 0.4) is 0 Å². The third-order valence-electron chi connectivity index (χ3n) is 2.86. The van der Waals surface area contributed by atoms with Gasteiger partial charge in [0.25, 0.3) is 0 Å². The molecule has 1 atom stereocenters. The molecule has 1 aromatic heterocycles. The van der Waals surface area contributed by atoms with Crippen molar-refractivity contribution in [2.45, 2.75) is 31.2 Å². The number of hydrogen-bond acceptors (Lipinski definition) is 4. The lowest BCUT2D eigenvalue weighted by Gasteiger charge is -2.29. The van der Waals surface area contributed by atoms with E-state index in [4.69, 9.17) is 11.6 Å². The van der Waals surface area contributed by atoms with Gasteiger partial charge in [-0.25, -0.2) is 4.98 Å². The fourth-order valence-corrected chi connectivity index (χ4v) is 3.03. The Bertz CT molecular complexity index is 332. The van der Waals surface area contributed by atoms with Crippen LogP contribution in [0.1, 0.15) is 23.5 Å². The van der Waals surface area contributed by atoms with Gasteiger partial charge in [-0.2, -0.15) is 0 Å². The zero-order valence-electron chi connectivity index (χ0n) is 9.23. The van der Waals surface area contributed by atoms with E-state index in [2.05, 4.69) is 9.88 Å². The van der Waals surface area contributed by atoms with Crippen molar-refractivity contribution in [1.29, 1.82) is 0 Å². The van der Waals surface area contributed by atoms with E-state index in [1.54, 1.807) is 11.3 Å². The van der Waals surface area contributed by atoms with Gasteiger partial charge < -0.3 is 10.0 Å². The summed E-state index contributed by atoms with van der Waals surface area (Å²) in [4.78, 5) is 6.74. The monoisotopic (exact) mass is 260 g/mol. The Labute approximate surface area is 105 Å². The van der Waals surface area contributed by atoms with E-state index in [0.717, 1.165) is 49.6 Å². The van der Waals surface area contributed by atoms with Gasteiger partial charge in [-0.3, -0.25) is 0 Å². The number of piperidine rings is 1. The van der Waals surface area contributed by atoms with E-state index < -0.39 is 0 Å². The van der Waals surface area contributed by atoms with Crippen LogP contribution in [0.25, 0.3) is 0 Å². The first kappa shape index (κ1) is 12.3. The number of aliphatic hydroxyl groups excluding tert-OH is 1. The summed E-state index contributed by atoms with van der Waals surface area (Å²) in [5.74, 6) is 0.499. The molecule has 0 bridgehead atoms. The van der Waals surface area contributed by atoms with Gasteiger partial charge in [0.2, 0.25) is 0 Å². The number of aromatic nitrogens is 1. The summed E-state index contributed by atoms with van der Waals surface area (Å²) in [7, 11) is 0. The first-order chi connectivity index (χ1) is 7.78. The van der Waals surface area contributed by atoms with E-state index in [1.165, 1.54) is 0 Å². The highest BCUT2D eigenvalue weighted by Gasteiger charge is 2.17. The third-order valence-corrected chi connectivity index (χ3v) is 4.09. The van der Waals surface area contributed by atoms with Crippen LogP contribution in [0, 0.1) is 0 Å². The molecule has 1 aromatic rings. The second kappa shape index (κ2) is 5.96. The Morgan fingerprint density at radius 3 is 3.19 bits per heavy atom. The molecule has 1 aliphatic rings. The van der Waals surface area contributed by atoms with E-state index in [0.29, 0.717) is 5.88 Å². The van der Waals surface area contributed by atoms with Crippen molar-refractivity contribution < 1.29 is 5.11 Å². The predicted molar refractivity (Wildman–Crippen MR) is 67.1 cm³/mol. The highest BCUT2D eigenvalue weighted by Crippen LogP contribution is 2.14. The van der Waals surface area contributed by atoms with E-state index in [9.17, 15) is 5.11 Å². The van der Waals surface area contributed by atoms with Crippen LogP contribution < -0.4 is 0 Å². The molecule has 1 unspecified atom stereocenters. The van der Waals surface area contributed by atoms with Crippen molar-refractivity contribution in [1.82, 2.24) is 9.88 Å². The number of β-amino-alcohol motifs (C(OH)–C–C–N with tert-alkyl or cyclic N) is 1. The molecule has 1 aliphatic heterocycles. The van der Waals surface area contributed by atoms with Gasteiger partial charge in [-0.05, 0) is 19.4 Å². The van der Waals surface area contributed by atoms with Crippen LogP contribution in [0.5, 0.6) is 0 Å². The van der Waals surface area contributed by atoms with Gasteiger partial charge >= 0.3 is 0 Å². The maximum absolute atomic E-state index is 9.55. The molecule has 0 amide bonds. The molecule has 5 heteroatoms. The van der Waals surface area contributed by atoms with Crippen molar-refractivity contribution >= 4 is 22.9 Å². The molecule has 0 aliphatic carbocycles. The van der Waals surface area contributed by atoms with Crippen LogP contribution in [-0.4, -0.2) is 40.7 Å². The minimum Gasteiger partial charge on any atom is -0.392 e. The normalized spacial score (nSPS) is 22.5. The Balaban J connectivity index is 1.78. The molecule has 0 saturated carbocycles. The number of rotatable bonds is 4. The summed E-state index contributed by atoms with van der Waals surface area (Å²) in [6, 6.07) is 0. The van der Waals surface area contributed by atoms with E-state index in [1.807, 2.05) is 5.38 Å². The van der Waals surface area contributed by atoms with Gasteiger partial charge in [-0.15, -0.1) is 22.9 Å². The van der Waals surface area contributed by atoms with Gasteiger partial charge in [-0.1, -0.05) is 0 Å².